The van der Waals surface area contributed by atoms with Gasteiger partial charge in [-0.2, -0.15) is 0 Å². The van der Waals surface area contributed by atoms with Gasteiger partial charge >= 0.3 is 0 Å². The van der Waals surface area contributed by atoms with E-state index in [1.807, 2.05) is 6.08 Å². The molecule has 1 fully saturated rings. The predicted molar refractivity (Wildman–Crippen MR) is 276 cm³/mol. The zero-order valence-electron chi connectivity index (χ0n) is 41.7. The van der Waals surface area contributed by atoms with Gasteiger partial charge in [0.25, 0.3) is 0 Å². The highest BCUT2D eigenvalue weighted by Gasteiger charge is 2.44. The Morgan fingerprint density at radius 3 is 1.45 bits per heavy atom. The average molecular weight is 924 g/mol. The Kier molecular flexibility index (Phi) is 42.5. The number of aliphatic hydroxyl groups is 5. The van der Waals surface area contributed by atoms with Crippen LogP contribution in [0.4, 0.5) is 0 Å². The fraction of sp³-hybridized carbons (Fsp3) is 0.702. The van der Waals surface area contributed by atoms with Crippen LogP contribution in [0, 0.1) is 0 Å². The first-order chi connectivity index (χ1) is 32.3. The van der Waals surface area contributed by atoms with Crippen molar-refractivity contribution in [2.45, 2.75) is 243 Å². The van der Waals surface area contributed by atoms with Gasteiger partial charge in [0.2, 0.25) is 5.91 Å². The molecule has 9 heteroatoms. The van der Waals surface area contributed by atoms with E-state index in [-0.39, 0.29) is 12.5 Å². The summed E-state index contributed by atoms with van der Waals surface area (Å²) in [4.78, 5) is 13.0. The quantitative estimate of drug-likeness (QED) is 0.0262. The molecule has 1 rings (SSSR count). The Balaban J connectivity index is 2.23. The summed E-state index contributed by atoms with van der Waals surface area (Å²) in [6.07, 6.45) is 58.9. The first kappa shape index (κ1) is 61.1. The van der Waals surface area contributed by atoms with Crippen molar-refractivity contribution in [3.8, 4) is 0 Å². The minimum atomic E-state index is -1.58. The van der Waals surface area contributed by atoms with Crippen molar-refractivity contribution >= 4 is 5.91 Å². The molecule has 6 N–H and O–H groups in total. The first-order valence-electron chi connectivity index (χ1n) is 26.5. The Morgan fingerprint density at radius 2 is 0.955 bits per heavy atom. The van der Waals surface area contributed by atoms with Crippen molar-refractivity contribution in [1.82, 2.24) is 5.32 Å². The molecular formula is C57H97NO8. The Labute approximate surface area is 403 Å². The van der Waals surface area contributed by atoms with Gasteiger partial charge in [0, 0.05) is 6.42 Å². The third-order valence-electron chi connectivity index (χ3n) is 11.9. The number of unbranched alkanes of at least 4 members (excludes halogenated alkanes) is 19. The van der Waals surface area contributed by atoms with E-state index in [0.29, 0.717) is 6.42 Å². The molecule has 1 aliphatic rings. The summed E-state index contributed by atoms with van der Waals surface area (Å²) < 4.78 is 11.2. The number of aliphatic hydroxyl groups excluding tert-OH is 5. The lowest BCUT2D eigenvalue weighted by Gasteiger charge is -2.40. The lowest BCUT2D eigenvalue weighted by molar-refractivity contribution is -0.302. The topological polar surface area (TPSA) is 149 Å². The van der Waals surface area contributed by atoms with E-state index in [0.717, 1.165) is 83.5 Å². The number of allylic oxidation sites excluding steroid dienone is 15. The SMILES string of the molecule is CC/C=C\C/C=C\C/C=C\C/C=C\C/C=C\CCCCCCCCCCCCCCCC(=O)NC(COC1OC(CO)C(O)C(O)C1O)C(O)/C=C/CC/C=C/CC/C=C/CCCCCC. The van der Waals surface area contributed by atoms with E-state index in [1.165, 1.54) is 96.3 Å². The molecule has 0 saturated carbocycles. The van der Waals surface area contributed by atoms with E-state index < -0.39 is 49.5 Å². The van der Waals surface area contributed by atoms with E-state index in [9.17, 15) is 30.3 Å². The number of rotatable bonds is 43. The molecule has 378 valence electrons. The maximum absolute atomic E-state index is 13.0. The Morgan fingerprint density at radius 1 is 0.530 bits per heavy atom. The maximum atomic E-state index is 13.0. The minimum Gasteiger partial charge on any atom is -0.394 e. The summed E-state index contributed by atoms with van der Waals surface area (Å²) in [6, 6.07) is -0.833. The molecule has 66 heavy (non-hydrogen) atoms. The van der Waals surface area contributed by atoms with Crippen LogP contribution < -0.4 is 5.32 Å². The van der Waals surface area contributed by atoms with E-state index in [2.05, 4.69) is 104 Å². The standard InChI is InChI=1S/C57H97NO8/c1-3-5-7-9-11-13-15-17-19-20-21-22-23-24-25-26-27-28-29-30-31-32-33-35-37-39-41-43-45-47-53(61)58-50(49-65-57-56(64)55(63)54(62)52(48-59)66-57)51(60)46-44-42-40-38-36-34-18-16-14-12-10-8-6-4-2/h5,7,11,13-14,16-17,19,21-22,24-25,36,38,44,46,50-52,54-57,59-60,62-64H,3-4,6,8-10,12,15,18,20,23,26-35,37,39-43,45,47-49H2,1-2H3,(H,58,61)/b7-5-,13-11-,16-14+,19-17-,22-21-,25-24-,38-36+,46-44+. The van der Waals surface area contributed by atoms with Gasteiger partial charge in [-0.25, -0.2) is 0 Å². The Bertz CT molecular complexity index is 1350. The molecule has 1 amide bonds. The van der Waals surface area contributed by atoms with Crippen LogP contribution in [-0.2, 0) is 14.3 Å². The Hall–Kier alpha value is -2.89. The summed E-state index contributed by atoms with van der Waals surface area (Å²) in [7, 11) is 0. The number of carbonyl (C=O) groups is 1. The summed E-state index contributed by atoms with van der Waals surface area (Å²) >= 11 is 0. The van der Waals surface area contributed by atoms with E-state index in [4.69, 9.17) is 9.47 Å². The zero-order valence-corrected chi connectivity index (χ0v) is 41.7. The molecule has 1 saturated heterocycles. The molecule has 0 aromatic heterocycles. The van der Waals surface area contributed by atoms with Gasteiger partial charge in [-0.1, -0.05) is 201 Å². The molecule has 7 unspecified atom stereocenters. The number of amides is 1. The monoisotopic (exact) mass is 924 g/mol. The van der Waals surface area contributed by atoms with Gasteiger partial charge < -0.3 is 40.3 Å². The highest BCUT2D eigenvalue weighted by molar-refractivity contribution is 5.76. The molecule has 0 bridgehead atoms. The van der Waals surface area contributed by atoms with Crippen LogP contribution in [0.25, 0.3) is 0 Å². The van der Waals surface area contributed by atoms with Gasteiger partial charge in [-0.15, -0.1) is 0 Å². The van der Waals surface area contributed by atoms with Crippen molar-refractivity contribution in [2.75, 3.05) is 13.2 Å². The number of carbonyl (C=O) groups excluding carboxylic acids is 1. The molecule has 0 radical (unpaired) electrons. The van der Waals surface area contributed by atoms with Gasteiger partial charge in [-0.3, -0.25) is 4.79 Å². The molecule has 1 heterocycles. The number of hydrogen-bond acceptors (Lipinski definition) is 8. The third-order valence-corrected chi connectivity index (χ3v) is 11.9. The second-order valence-corrected chi connectivity index (χ2v) is 17.9. The fourth-order valence-electron chi connectivity index (χ4n) is 7.68. The van der Waals surface area contributed by atoms with Crippen LogP contribution >= 0.6 is 0 Å². The molecule has 1 aliphatic heterocycles. The van der Waals surface area contributed by atoms with Crippen molar-refractivity contribution in [2.24, 2.45) is 0 Å². The first-order valence-corrected chi connectivity index (χ1v) is 26.5. The van der Waals surface area contributed by atoms with Crippen LogP contribution in [0.2, 0.25) is 0 Å². The number of ether oxygens (including phenoxy) is 2. The molecule has 0 aromatic rings. The summed E-state index contributed by atoms with van der Waals surface area (Å²) in [6.45, 7) is 3.60. The molecule has 0 aliphatic carbocycles. The van der Waals surface area contributed by atoms with Crippen LogP contribution in [0.1, 0.15) is 200 Å². The van der Waals surface area contributed by atoms with Crippen LogP contribution in [0.15, 0.2) is 97.2 Å². The highest BCUT2D eigenvalue weighted by atomic mass is 16.7. The predicted octanol–water partition coefficient (Wildman–Crippen LogP) is 12.5. The second-order valence-electron chi connectivity index (χ2n) is 17.9. The highest BCUT2D eigenvalue weighted by Crippen LogP contribution is 2.22. The second kappa shape index (κ2) is 45.9. The van der Waals surface area contributed by atoms with Crippen LogP contribution in [-0.4, -0.2) is 87.5 Å². The lowest BCUT2D eigenvalue weighted by Crippen LogP contribution is -2.60. The fourth-order valence-corrected chi connectivity index (χ4v) is 7.68. The van der Waals surface area contributed by atoms with E-state index >= 15 is 0 Å². The van der Waals surface area contributed by atoms with Crippen LogP contribution in [0.3, 0.4) is 0 Å². The van der Waals surface area contributed by atoms with Crippen molar-refractivity contribution in [1.29, 1.82) is 0 Å². The van der Waals surface area contributed by atoms with Gasteiger partial charge in [0.15, 0.2) is 6.29 Å². The summed E-state index contributed by atoms with van der Waals surface area (Å²) in [5.74, 6) is -0.197. The maximum Gasteiger partial charge on any atom is 0.220 e. The van der Waals surface area contributed by atoms with Gasteiger partial charge in [0.05, 0.1) is 25.4 Å². The molecule has 7 atom stereocenters. The smallest absolute Gasteiger partial charge is 0.220 e. The average Bonchev–Trinajstić information content (AvgIpc) is 3.32. The van der Waals surface area contributed by atoms with Gasteiger partial charge in [0.1, 0.15) is 24.4 Å². The molecule has 0 spiro atoms. The van der Waals surface area contributed by atoms with Crippen molar-refractivity contribution in [3.63, 3.8) is 0 Å². The number of nitrogens with one attached hydrogen (secondary N) is 1. The van der Waals surface area contributed by atoms with Crippen LogP contribution in [0.5, 0.6) is 0 Å². The van der Waals surface area contributed by atoms with Crippen molar-refractivity contribution in [3.05, 3.63) is 97.2 Å². The van der Waals surface area contributed by atoms with E-state index in [1.54, 1.807) is 6.08 Å². The van der Waals surface area contributed by atoms with Gasteiger partial charge in [-0.05, 0) is 89.9 Å². The molecule has 9 nitrogen and oxygen atoms in total. The summed E-state index contributed by atoms with van der Waals surface area (Å²) in [5.41, 5.74) is 0. The summed E-state index contributed by atoms with van der Waals surface area (Å²) in [5, 5.41) is 54.3. The lowest BCUT2D eigenvalue weighted by atomic mass is 9.99. The van der Waals surface area contributed by atoms with Crippen molar-refractivity contribution < 1.29 is 39.8 Å². The molecule has 0 aromatic carbocycles. The molecular weight excluding hydrogens is 827 g/mol. The normalized spacial score (nSPS) is 20.6. The number of hydrogen-bond donors (Lipinski definition) is 6. The minimum absolute atomic E-state index is 0.197. The third kappa shape index (κ3) is 35.3. The largest absolute Gasteiger partial charge is 0.394 e. The zero-order chi connectivity index (χ0) is 48.0.